The van der Waals surface area contributed by atoms with Crippen LogP contribution in [-0.4, -0.2) is 12.3 Å². The van der Waals surface area contributed by atoms with E-state index in [0.29, 0.717) is 0 Å². The van der Waals surface area contributed by atoms with E-state index in [-0.39, 0.29) is 10.8 Å². The third-order valence-electron chi connectivity index (χ3n) is 2.67. The summed E-state index contributed by atoms with van der Waals surface area (Å²) in [6, 6.07) is 3.92. The van der Waals surface area contributed by atoms with Crippen LogP contribution in [0.2, 0.25) is 0 Å². The van der Waals surface area contributed by atoms with E-state index < -0.39 is 0 Å². The molecule has 0 radical (unpaired) electrons. The zero-order valence-electron chi connectivity index (χ0n) is 12.4. The SMILES string of the molecule is CC(C)(C)C1=NCC=C1.CC(C)(C)c1ccco1. The summed E-state index contributed by atoms with van der Waals surface area (Å²) in [7, 11) is 0. The van der Waals surface area contributed by atoms with Gasteiger partial charge in [-0.1, -0.05) is 47.6 Å². The number of allylic oxidation sites excluding steroid dienone is 1. The monoisotopic (exact) mass is 247 g/mol. The van der Waals surface area contributed by atoms with Gasteiger partial charge in [0.1, 0.15) is 5.76 Å². The third kappa shape index (κ3) is 4.52. The van der Waals surface area contributed by atoms with Crippen molar-refractivity contribution in [3.05, 3.63) is 36.3 Å². The highest BCUT2D eigenvalue weighted by Gasteiger charge is 2.17. The van der Waals surface area contributed by atoms with Gasteiger partial charge in [-0.25, -0.2) is 0 Å². The highest BCUT2D eigenvalue weighted by molar-refractivity contribution is 6.00. The Morgan fingerprint density at radius 1 is 1.06 bits per heavy atom. The molecule has 0 saturated carbocycles. The summed E-state index contributed by atoms with van der Waals surface area (Å²) in [6.45, 7) is 13.8. The van der Waals surface area contributed by atoms with Gasteiger partial charge < -0.3 is 4.42 Å². The van der Waals surface area contributed by atoms with Crippen molar-refractivity contribution in [3.8, 4) is 0 Å². The number of hydrogen-bond acceptors (Lipinski definition) is 2. The second kappa shape index (κ2) is 5.55. The highest BCUT2D eigenvalue weighted by Crippen LogP contribution is 2.21. The van der Waals surface area contributed by atoms with E-state index in [9.17, 15) is 0 Å². The van der Waals surface area contributed by atoms with Gasteiger partial charge in [0, 0.05) is 16.5 Å². The summed E-state index contributed by atoms with van der Waals surface area (Å²) >= 11 is 0. The van der Waals surface area contributed by atoms with Crippen LogP contribution in [0.25, 0.3) is 0 Å². The van der Waals surface area contributed by atoms with Crippen molar-refractivity contribution in [1.82, 2.24) is 0 Å². The van der Waals surface area contributed by atoms with Crippen molar-refractivity contribution < 1.29 is 4.42 Å². The first-order valence-corrected chi connectivity index (χ1v) is 6.47. The molecule has 0 unspecified atom stereocenters. The summed E-state index contributed by atoms with van der Waals surface area (Å²) in [4.78, 5) is 4.31. The fraction of sp³-hybridized carbons (Fsp3) is 0.562. The smallest absolute Gasteiger partial charge is 0.109 e. The van der Waals surface area contributed by atoms with Crippen molar-refractivity contribution >= 4 is 5.71 Å². The van der Waals surface area contributed by atoms with Crippen LogP contribution in [0.1, 0.15) is 47.3 Å². The predicted molar refractivity (Wildman–Crippen MR) is 78.3 cm³/mol. The molecule has 2 nitrogen and oxygen atoms in total. The molecule has 1 aliphatic rings. The zero-order chi connectivity index (χ0) is 13.8. The second-order valence-electron chi connectivity index (χ2n) is 6.61. The molecule has 2 heteroatoms. The Hall–Kier alpha value is -1.31. The van der Waals surface area contributed by atoms with Crippen LogP contribution in [0, 0.1) is 5.41 Å². The topological polar surface area (TPSA) is 25.5 Å². The Morgan fingerprint density at radius 2 is 1.72 bits per heavy atom. The lowest BCUT2D eigenvalue weighted by molar-refractivity contribution is 0.409. The molecule has 18 heavy (non-hydrogen) atoms. The molecule has 0 bridgehead atoms. The first-order valence-electron chi connectivity index (χ1n) is 6.47. The lowest BCUT2D eigenvalue weighted by Crippen LogP contribution is -2.16. The number of furan rings is 1. The van der Waals surface area contributed by atoms with E-state index in [1.165, 1.54) is 5.71 Å². The van der Waals surface area contributed by atoms with E-state index in [1.807, 2.05) is 12.1 Å². The summed E-state index contributed by atoms with van der Waals surface area (Å²) < 4.78 is 5.20. The molecule has 0 saturated heterocycles. The van der Waals surface area contributed by atoms with Crippen molar-refractivity contribution in [2.75, 3.05) is 6.54 Å². The highest BCUT2D eigenvalue weighted by atomic mass is 16.3. The lowest BCUT2D eigenvalue weighted by atomic mass is 9.90. The van der Waals surface area contributed by atoms with E-state index in [1.54, 1.807) is 6.26 Å². The summed E-state index contributed by atoms with van der Waals surface area (Å²) in [5, 5.41) is 0. The molecule has 2 rings (SSSR count). The van der Waals surface area contributed by atoms with Gasteiger partial charge in [0.25, 0.3) is 0 Å². The molecular weight excluding hydrogens is 222 g/mol. The van der Waals surface area contributed by atoms with Gasteiger partial charge in [0.15, 0.2) is 0 Å². The number of hydrogen-bond donors (Lipinski definition) is 0. The molecule has 2 heterocycles. The molecule has 0 aromatic carbocycles. The minimum absolute atomic E-state index is 0.156. The van der Waals surface area contributed by atoms with Gasteiger partial charge in [0.05, 0.1) is 12.8 Å². The van der Waals surface area contributed by atoms with Crippen LogP contribution >= 0.6 is 0 Å². The summed E-state index contributed by atoms with van der Waals surface area (Å²) in [5.74, 6) is 1.04. The molecule has 0 spiro atoms. The number of rotatable bonds is 0. The maximum absolute atomic E-state index is 5.20. The first-order chi connectivity index (χ1) is 8.21. The Labute approximate surface area is 111 Å². The Kier molecular flexibility index (Phi) is 4.55. The minimum atomic E-state index is 0.156. The van der Waals surface area contributed by atoms with E-state index in [2.05, 4.69) is 58.7 Å². The molecule has 0 fully saturated rings. The van der Waals surface area contributed by atoms with Crippen molar-refractivity contribution in [2.24, 2.45) is 10.4 Å². The van der Waals surface area contributed by atoms with Gasteiger partial charge in [0.2, 0.25) is 0 Å². The average molecular weight is 247 g/mol. The zero-order valence-corrected chi connectivity index (χ0v) is 12.4. The molecule has 0 atom stereocenters. The molecule has 1 aromatic rings. The van der Waals surface area contributed by atoms with Crippen LogP contribution in [0.5, 0.6) is 0 Å². The van der Waals surface area contributed by atoms with Crippen LogP contribution < -0.4 is 0 Å². The van der Waals surface area contributed by atoms with Crippen molar-refractivity contribution in [3.63, 3.8) is 0 Å². The van der Waals surface area contributed by atoms with Crippen LogP contribution in [0.3, 0.4) is 0 Å². The fourth-order valence-electron chi connectivity index (χ4n) is 1.56. The minimum Gasteiger partial charge on any atom is -0.469 e. The van der Waals surface area contributed by atoms with Gasteiger partial charge in [-0.3, -0.25) is 4.99 Å². The van der Waals surface area contributed by atoms with E-state index >= 15 is 0 Å². The third-order valence-corrected chi connectivity index (χ3v) is 2.67. The van der Waals surface area contributed by atoms with Gasteiger partial charge in [-0.05, 0) is 18.2 Å². The van der Waals surface area contributed by atoms with Crippen molar-refractivity contribution in [1.29, 1.82) is 0 Å². The van der Waals surface area contributed by atoms with Crippen LogP contribution in [0.15, 0.2) is 40.0 Å². The largest absolute Gasteiger partial charge is 0.469 e. The molecule has 100 valence electrons. The van der Waals surface area contributed by atoms with E-state index in [0.717, 1.165) is 12.3 Å². The first kappa shape index (κ1) is 14.7. The second-order valence-corrected chi connectivity index (χ2v) is 6.61. The van der Waals surface area contributed by atoms with Crippen LogP contribution in [0.4, 0.5) is 0 Å². The van der Waals surface area contributed by atoms with Gasteiger partial charge in [-0.15, -0.1) is 0 Å². The molecule has 0 amide bonds. The molecule has 1 aliphatic heterocycles. The maximum atomic E-state index is 5.20. The Balaban J connectivity index is 0.000000180. The predicted octanol–water partition coefficient (Wildman–Crippen LogP) is 4.62. The van der Waals surface area contributed by atoms with Crippen molar-refractivity contribution in [2.45, 2.75) is 47.0 Å². The van der Waals surface area contributed by atoms with Gasteiger partial charge in [-0.2, -0.15) is 0 Å². The quantitative estimate of drug-likeness (QED) is 0.656. The average Bonchev–Trinajstić information content (AvgIpc) is 2.91. The summed E-state index contributed by atoms with van der Waals surface area (Å²) in [5.41, 5.74) is 1.62. The number of nitrogens with zero attached hydrogens (tertiary/aromatic N) is 1. The lowest BCUT2D eigenvalue weighted by Gasteiger charge is -2.16. The van der Waals surface area contributed by atoms with Crippen LogP contribution in [-0.2, 0) is 5.41 Å². The Morgan fingerprint density at radius 3 is 1.94 bits per heavy atom. The Bertz CT molecular complexity index is 411. The molecule has 1 aromatic heterocycles. The number of aliphatic imine (C=N–C) groups is 1. The summed E-state index contributed by atoms with van der Waals surface area (Å²) in [6.07, 6.45) is 5.92. The molecule has 0 N–H and O–H groups in total. The normalized spacial score (nSPS) is 15.1. The standard InChI is InChI=1S/C8H13N.C8H12O/c2*1-8(2,3)7-5-4-6-9-7/h4-5H,6H2,1-3H3;4-6H,1-3H3. The fourth-order valence-corrected chi connectivity index (χ4v) is 1.56. The molecule has 0 aliphatic carbocycles. The van der Waals surface area contributed by atoms with E-state index in [4.69, 9.17) is 4.42 Å². The van der Waals surface area contributed by atoms with Gasteiger partial charge >= 0.3 is 0 Å². The maximum Gasteiger partial charge on any atom is 0.109 e. The molecular formula is C16H25NO.